The first-order valence-corrected chi connectivity index (χ1v) is 10.2. The van der Waals surface area contributed by atoms with Crippen molar-refractivity contribution in [2.75, 3.05) is 27.3 Å². The molecule has 7 nitrogen and oxygen atoms in total. The van der Waals surface area contributed by atoms with E-state index >= 15 is 0 Å². The van der Waals surface area contributed by atoms with Crippen molar-refractivity contribution in [2.45, 2.75) is 18.9 Å². The third-order valence-corrected chi connectivity index (χ3v) is 4.96. The summed E-state index contributed by atoms with van der Waals surface area (Å²) >= 11 is 0. The molecule has 0 aliphatic heterocycles. The Morgan fingerprint density at radius 1 is 0.935 bits per heavy atom. The van der Waals surface area contributed by atoms with Crippen molar-refractivity contribution < 1.29 is 14.3 Å². The quantitative estimate of drug-likeness (QED) is 0.496. The third-order valence-electron chi connectivity index (χ3n) is 4.96. The molecule has 0 saturated carbocycles. The van der Waals surface area contributed by atoms with E-state index in [1.54, 1.807) is 32.8 Å². The molecule has 31 heavy (non-hydrogen) atoms. The maximum absolute atomic E-state index is 13.1. The molecule has 0 bridgehead atoms. The van der Waals surface area contributed by atoms with Crippen LogP contribution in [0, 0.1) is 0 Å². The number of methoxy groups -OCH3 is 2. The van der Waals surface area contributed by atoms with Gasteiger partial charge in [-0.3, -0.25) is 14.8 Å². The van der Waals surface area contributed by atoms with E-state index in [2.05, 4.69) is 20.6 Å². The van der Waals surface area contributed by atoms with Crippen LogP contribution >= 0.6 is 0 Å². The molecule has 2 heterocycles. The summed E-state index contributed by atoms with van der Waals surface area (Å²) in [7, 11) is 3.20. The first-order chi connectivity index (χ1) is 15.2. The van der Waals surface area contributed by atoms with Gasteiger partial charge >= 0.3 is 0 Å². The highest BCUT2D eigenvalue weighted by atomic mass is 16.5. The van der Waals surface area contributed by atoms with Gasteiger partial charge in [-0.05, 0) is 60.4 Å². The number of ether oxygens (including phenoxy) is 2. The number of hydrogen-bond acceptors (Lipinski definition) is 6. The van der Waals surface area contributed by atoms with Gasteiger partial charge in [0.05, 0.1) is 14.2 Å². The normalized spacial score (nSPS) is 11.5. The summed E-state index contributed by atoms with van der Waals surface area (Å²) in [4.78, 5) is 21.3. The number of carbonyl (C=O) groups excluding carboxylic acids is 1. The number of carbonyl (C=O) groups is 1. The second-order valence-electron chi connectivity index (χ2n) is 7.00. The highest BCUT2D eigenvalue weighted by Gasteiger charge is 2.24. The fourth-order valence-corrected chi connectivity index (χ4v) is 3.30. The Kier molecular flexibility index (Phi) is 8.37. The molecule has 2 N–H and O–H groups in total. The molecule has 1 amide bonds. The van der Waals surface area contributed by atoms with Crippen molar-refractivity contribution >= 4 is 5.91 Å². The van der Waals surface area contributed by atoms with E-state index in [0.717, 1.165) is 29.5 Å². The lowest BCUT2D eigenvalue weighted by atomic mass is 10.0. The predicted octanol–water partition coefficient (Wildman–Crippen LogP) is 2.73. The Morgan fingerprint density at radius 2 is 1.74 bits per heavy atom. The second-order valence-corrected chi connectivity index (χ2v) is 7.00. The van der Waals surface area contributed by atoms with Crippen LogP contribution in [-0.2, 0) is 17.6 Å². The minimum atomic E-state index is -0.584. The summed E-state index contributed by atoms with van der Waals surface area (Å²) in [5, 5.41) is 6.41. The summed E-state index contributed by atoms with van der Waals surface area (Å²) in [5.41, 5.74) is 2.95. The Labute approximate surface area is 182 Å². The van der Waals surface area contributed by atoms with E-state index in [0.29, 0.717) is 24.6 Å². The monoisotopic (exact) mass is 420 g/mol. The lowest BCUT2D eigenvalue weighted by molar-refractivity contribution is -0.123. The number of rotatable bonds is 11. The molecular formula is C24H28N4O3. The van der Waals surface area contributed by atoms with Gasteiger partial charge in [-0.2, -0.15) is 0 Å². The lowest BCUT2D eigenvalue weighted by Gasteiger charge is -2.22. The topological polar surface area (TPSA) is 85.4 Å². The zero-order valence-electron chi connectivity index (χ0n) is 17.9. The molecule has 162 valence electrons. The van der Waals surface area contributed by atoms with Crippen molar-refractivity contribution in [1.82, 2.24) is 20.6 Å². The molecule has 0 spiro atoms. The maximum atomic E-state index is 13.1. The zero-order chi connectivity index (χ0) is 21.9. The lowest BCUT2D eigenvalue weighted by Crippen LogP contribution is -2.39. The molecule has 0 saturated heterocycles. The summed E-state index contributed by atoms with van der Waals surface area (Å²) in [6.45, 7) is 1.13. The van der Waals surface area contributed by atoms with Crippen molar-refractivity contribution in [2.24, 2.45) is 0 Å². The van der Waals surface area contributed by atoms with Crippen LogP contribution in [0.3, 0.4) is 0 Å². The highest BCUT2D eigenvalue weighted by Crippen LogP contribution is 2.29. The van der Waals surface area contributed by atoms with Crippen molar-refractivity contribution in [1.29, 1.82) is 0 Å². The zero-order valence-corrected chi connectivity index (χ0v) is 17.9. The van der Waals surface area contributed by atoms with Crippen LogP contribution in [-0.4, -0.2) is 43.2 Å². The van der Waals surface area contributed by atoms with Crippen LogP contribution in [0.5, 0.6) is 11.5 Å². The smallest absolute Gasteiger partial charge is 0.241 e. The molecule has 0 fully saturated rings. The molecule has 7 heteroatoms. The molecule has 1 unspecified atom stereocenters. The van der Waals surface area contributed by atoms with Crippen molar-refractivity contribution in [3.05, 3.63) is 83.9 Å². The van der Waals surface area contributed by atoms with Crippen molar-refractivity contribution in [3.8, 4) is 11.5 Å². The number of hydrogen-bond donors (Lipinski definition) is 2. The molecule has 0 aliphatic carbocycles. The average molecular weight is 421 g/mol. The molecule has 1 aromatic carbocycles. The fraction of sp³-hybridized carbons (Fsp3) is 0.292. The van der Waals surface area contributed by atoms with Crippen LogP contribution in [0.25, 0.3) is 0 Å². The molecular weight excluding hydrogens is 392 g/mol. The number of nitrogens with one attached hydrogen (secondary N) is 2. The standard InChI is InChI=1S/C24H28N4O3/c1-30-20-5-6-22(31-2)21(16-20)23(27-14-10-19-4-3-11-26-17-19)24(29)28-15-9-18-7-12-25-13-8-18/h3-8,11-13,16-17,23,27H,9-10,14-15H2,1-2H3,(H,28,29). The van der Waals surface area contributed by atoms with Crippen LogP contribution in [0.1, 0.15) is 22.7 Å². The summed E-state index contributed by atoms with van der Waals surface area (Å²) < 4.78 is 10.9. The van der Waals surface area contributed by atoms with Crippen LogP contribution in [0.4, 0.5) is 0 Å². The summed E-state index contributed by atoms with van der Waals surface area (Å²) in [5.74, 6) is 1.18. The summed E-state index contributed by atoms with van der Waals surface area (Å²) in [6.07, 6.45) is 8.56. The number of pyridine rings is 2. The van der Waals surface area contributed by atoms with E-state index in [9.17, 15) is 4.79 Å². The second kappa shape index (κ2) is 11.7. The SMILES string of the molecule is COc1ccc(OC)c(C(NCCc2cccnc2)C(=O)NCCc2ccncc2)c1. The predicted molar refractivity (Wildman–Crippen MR) is 119 cm³/mol. The first kappa shape index (κ1) is 22.2. The van der Waals surface area contributed by atoms with Gasteiger partial charge < -0.3 is 20.1 Å². The number of nitrogens with zero attached hydrogens (tertiary/aromatic N) is 2. The van der Waals surface area contributed by atoms with E-state index < -0.39 is 6.04 Å². The minimum absolute atomic E-state index is 0.119. The number of aromatic nitrogens is 2. The van der Waals surface area contributed by atoms with Gasteiger partial charge in [0.15, 0.2) is 0 Å². The molecule has 3 aromatic rings. The third kappa shape index (κ3) is 6.52. The molecule has 3 rings (SSSR count). The minimum Gasteiger partial charge on any atom is -0.497 e. The van der Waals surface area contributed by atoms with Crippen LogP contribution in [0.15, 0.2) is 67.3 Å². The maximum Gasteiger partial charge on any atom is 0.241 e. The molecule has 2 aromatic heterocycles. The number of benzene rings is 1. The Hall–Kier alpha value is -3.45. The van der Waals surface area contributed by atoms with Gasteiger partial charge in [-0.15, -0.1) is 0 Å². The van der Waals surface area contributed by atoms with Gasteiger partial charge in [-0.25, -0.2) is 0 Å². The molecule has 1 atom stereocenters. The number of amides is 1. The molecule has 0 aliphatic rings. The van der Waals surface area contributed by atoms with Gasteiger partial charge in [0.25, 0.3) is 0 Å². The largest absolute Gasteiger partial charge is 0.497 e. The van der Waals surface area contributed by atoms with Crippen molar-refractivity contribution in [3.63, 3.8) is 0 Å². The Bertz CT molecular complexity index is 952. The van der Waals surface area contributed by atoms with Crippen LogP contribution in [0.2, 0.25) is 0 Å². The van der Waals surface area contributed by atoms with E-state index in [-0.39, 0.29) is 5.91 Å². The average Bonchev–Trinajstić information content (AvgIpc) is 2.82. The van der Waals surface area contributed by atoms with Gasteiger partial charge in [0.2, 0.25) is 5.91 Å². The Morgan fingerprint density at radius 3 is 2.45 bits per heavy atom. The summed E-state index contributed by atoms with van der Waals surface area (Å²) in [6, 6.07) is 12.7. The van der Waals surface area contributed by atoms with Crippen LogP contribution < -0.4 is 20.1 Å². The molecule has 0 radical (unpaired) electrons. The van der Waals surface area contributed by atoms with Gasteiger partial charge in [0, 0.05) is 43.4 Å². The van der Waals surface area contributed by atoms with Gasteiger partial charge in [0.1, 0.15) is 17.5 Å². The fourth-order valence-electron chi connectivity index (χ4n) is 3.30. The van der Waals surface area contributed by atoms with Gasteiger partial charge in [-0.1, -0.05) is 6.07 Å². The van der Waals surface area contributed by atoms with E-state index in [4.69, 9.17) is 9.47 Å². The highest BCUT2D eigenvalue weighted by molar-refractivity contribution is 5.84. The van der Waals surface area contributed by atoms with E-state index in [1.165, 1.54) is 0 Å². The Balaban J connectivity index is 1.72. The van der Waals surface area contributed by atoms with E-state index in [1.807, 2.05) is 48.7 Å². The first-order valence-electron chi connectivity index (χ1n) is 10.2.